The first-order chi connectivity index (χ1) is 8.90. The number of rotatable bonds is 5. The molecule has 1 aliphatic rings. The van der Waals surface area contributed by atoms with Crippen LogP contribution in [0.5, 0.6) is 0 Å². The molecule has 0 spiro atoms. The minimum Gasteiger partial charge on any atom is -0.477 e. The van der Waals surface area contributed by atoms with Crippen molar-refractivity contribution in [3.63, 3.8) is 0 Å². The second-order valence-electron chi connectivity index (χ2n) is 5.07. The molecule has 7 heteroatoms. The summed E-state index contributed by atoms with van der Waals surface area (Å²) in [5, 5.41) is 8.75. The molecule has 1 saturated carbocycles. The summed E-state index contributed by atoms with van der Waals surface area (Å²) in [4.78, 5) is 13.1. The molecule has 6 nitrogen and oxygen atoms in total. The van der Waals surface area contributed by atoms with Crippen molar-refractivity contribution in [2.45, 2.75) is 31.1 Å². The Bertz CT molecular complexity index is 564. The van der Waals surface area contributed by atoms with Gasteiger partial charge in [0, 0.05) is 12.7 Å². The van der Waals surface area contributed by atoms with Crippen molar-refractivity contribution in [3.05, 3.63) is 18.0 Å². The average molecular weight is 286 g/mol. The molecule has 0 radical (unpaired) electrons. The van der Waals surface area contributed by atoms with Crippen LogP contribution >= 0.6 is 0 Å². The summed E-state index contributed by atoms with van der Waals surface area (Å²) in [5.74, 6) is -0.276. The first kappa shape index (κ1) is 14.1. The molecule has 2 unspecified atom stereocenters. The Morgan fingerprint density at radius 1 is 1.53 bits per heavy atom. The van der Waals surface area contributed by atoms with E-state index in [1.807, 2.05) is 0 Å². The lowest BCUT2D eigenvalue weighted by Gasteiger charge is -2.15. The Kier molecular flexibility index (Phi) is 3.96. The Hall–Kier alpha value is -1.34. The zero-order valence-electron chi connectivity index (χ0n) is 10.7. The van der Waals surface area contributed by atoms with Gasteiger partial charge in [0.25, 0.3) is 0 Å². The van der Waals surface area contributed by atoms with Gasteiger partial charge in [-0.1, -0.05) is 19.8 Å². The molecule has 2 rings (SSSR count). The SMILES string of the molecule is CC1CCCC1CNS(=O)(=O)c1c[nH]c(C(=O)O)c1. The van der Waals surface area contributed by atoms with Crippen molar-refractivity contribution < 1.29 is 18.3 Å². The first-order valence-corrected chi connectivity index (χ1v) is 7.80. The highest BCUT2D eigenvalue weighted by Crippen LogP contribution is 2.30. The standard InChI is InChI=1S/C12H18N2O4S/c1-8-3-2-4-9(8)6-14-19(17,18)10-5-11(12(15)16)13-7-10/h5,7-9,13-14H,2-4,6H2,1H3,(H,15,16). The third-order valence-corrected chi connectivity index (χ3v) is 5.17. The van der Waals surface area contributed by atoms with Crippen LogP contribution in [0.1, 0.15) is 36.7 Å². The molecular weight excluding hydrogens is 268 g/mol. The fourth-order valence-corrected chi connectivity index (χ4v) is 3.57. The summed E-state index contributed by atoms with van der Waals surface area (Å²) in [6, 6.07) is 1.13. The van der Waals surface area contributed by atoms with Crippen LogP contribution in [0, 0.1) is 11.8 Å². The van der Waals surface area contributed by atoms with Gasteiger partial charge in [-0.3, -0.25) is 0 Å². The maximum atomic E-state index is 12.0. The van der Waals surface area contributed by atoms with Gasteiger partial charge in [0.1, 0.15) is 10.6 Å². The molecule has 106 valence electrons. The van der Waals surface area contributed by atoms with Crippen molar-refractivity contribution in [1.82, 2.24) is 9.71 Å². The van der Waals surface area contributed by atoms with E-state index in [4.69, 9.17) is 5.11 Å². The van der Waals surface area contributed by atoms with Crippen molar-refractivity contribution >= 4 is 16.0 Å². The monoisotopic (exact) mass is 286 g/mol. The maximum Gasteiger partial charge on any atom is 0.352 e. The van der Waals surface area contributed by atoms with Crippen molar-refractivity contribution in [2.24, 2.45) is 11.8 Å². The van der Waals surface area contributed by atoms with Gasteiger partial charge in [-0.25, -0.2) is 17.9 Å². The average Bonchev–Trinajstić information content (AvgIpc) is 2.95. The smallest absolute Gasteiger partial charge is 0.352 e. The highest BCUT2D eigenvalue weighted by atomic mass is 32.2. The molecular formula is C12H18N2O4S. The number of carboxylic acid groups (broad SMARTS) is 1. The van der Waals surface area contributed by atoms with Crippen molar-refractivity contribution in [1.29, 1.82) is 0 Å². The highest BCUT2D eigenvalue weighted by molar-refractivity contribution is 7.89. The van der Waals surface area contributed by atoms with E-state index in [1.54, 1.807) is 0 Å². The molecule has 19 heavy (non-hydrogen) atoms. The lowest BCUT2D eigenvalue weighted by molar-refractivity contribution is 0.0691. The molecule has 0 aromatic carbocycles. The number of aromatic carboxylic acids is 1. The van der Waals surface area contributed by atoms with E-state index in [1.165, 1.54) is 6.20 Å². The van der Waals surface area contributed by atoms with Crippen molar-refractivity contribution in [2.75, 3.05) is 6.54 Å². The maximum absolute atomic E-state index is 12.0. The fourth-order valence-electron chi connectivity index (χ4n) is 2.48. The minimum atomic E-state index is -3.63. The fraction of sp³-hybridized carbons (Fsp3) is 0.583. The summed E-state index contributed by atoms with van der Waals surface area (Å²) < 4.78 is 26.6. The number of H-pyrrole nitrogens is 1. The molecule has 3 N–H and O–H groups in total. The summed E-state index contributed by atoms with van der Waals surface area (Å²) >= 11 is 0. The number of aromatic amines is 1. The van der Waals surface area contributed by atoms with E-state index in [0.717, 1.165) is 25.3 Å². The molecule has 1 fully saturated rings. The molecule has 1 aliphatic carbocycles. The molecule has 0 aliphatic heterocycles. The van der Waals surface area contributed by atoms with Gasteiger partial charge in [-0.2, -0.15) is 0 Å². The summed E-state index contributed by atoms with van der Waals surface area (Å²) in [5.41, 5.74) is -0.130. The number of hydrogen-bond donors (Lipinski definition) is 3. The van der Waals surface area contributed by atoms with Gasteiger partial charge in [-0.05, 0) is 24.3 Å². The van der Waals surface area contributed by atoms with E-state index in [9.17, 15) is 13.2 Å². The van der Waals surface area contributed by atoms with Gasteiger partial charge in [0.05, 0.1) is 0 Å². The second-order valence-corrected chi connectivity index (χ2v) is 6.84. The van der Waals surface area contributed by atoms with Crippen LogP contribution in [0.25, 0.3) is 0 Å². The van der Waals surface area contributed by atoms with Crippen LogP contribution in [0.3, 0.4) is 0 Å². The van der Waals surface area contributed by atoms with Crippen molar-refractivity contribution in [3.8, 4) is 0 Å². The normalized spacial score (nSPS) is 23.6. The Labute approximate surface area is 112 Å². The third-order valence-electron chi connectivity index (χ3n) is 3.77. The molecule has 0 saturated heterocycles. The van der Waals surface area contributed by atoms with Crippen LogP contribution in [-0.2, 0) is 10.0 Å². The summed E-state index contributed by atoms with van der Waals surface area (Å²) in [6.07, 6.45) is 4.52. The molecule has 1 aromatic rings. The topological polar surface area (TPSA) is 99.3 Å². The molecule has 2 atom stereocenters. The molecule has 1 heterocycles. The Balaban J connectivity index is 2.03. The largest absolute Gasteiger partial charge is 0.477 e. The van der Waals surface area contributed by atoms with E-state index in [2.05, 4.69) is 16.6 Å². The van der Waals surface area contributed by atoms with Crippen LogP contribution in [-0.4, -0.2) is 31.0 Å². The molecule has 0 amide bonds. The minimum absolute atomic E-state index is 0.0319. The van der Waals surface area contributed by atoms with E-state index < -0.39 is 16.0 Å². The zero-order chi connectivity index (χ0) is 14.0. The molecule has 0 bridgehead atoms. The van der Waals surface area contributed by atoms with Gasteiger partial charge in [-0.15, -0.1) is 0 Å². The predicted molar refractivity (Wildman–Crippen MR) is 69.4 cm³/mol. The number of carbonyl (C=O) groups is 1. The lowest BCUT2D eigenvalue weighted by Crippen LogP contribution is -2.30. The highest BCUT2D eigenvalue weighted by Gasteiger charge is 2.26. The van der Waals surface area contributed by atoms with Gasteiger partial charge in [0.2, 0.25) is 10.0 Å². The van der Waals surface area contributed by atoms with E-state index >= 15 is 0 Å². The van der Waals surface area contributed by atoms with Gasteiger partial charge in [0.15, 0.2) is 0 Å². The molecule has 1 aromatic heterocycles. The van der Waals surface area contributed by atoms with Crippen LogP contribution < -0.4 is 4.72 Å². The second kappa shape index (κ2) is 5.34. The van der Waals surface area contributed by atoms with E-state index in [-0.39, 0.29) is 10.6 Å². The van der Waals surface area contributed by atoms with Gasteiger partial charge >= 0.3 is 5.97 Å². The number of sulfonamides is 1. The Morgan fingerprint density at radius 3 is 2.79 bits per heavy atom. The van der Waals surface area contributed by atoms with Crippen LogP contribution in [0.2, 0.25) is 0 Å². The summed E-state index contributed by atoms with van der Waals surface area (Å²) in [7, 11) is -3.63. The number of carboxylic acids is 1. The number of hydrogen-bond acceptors (Lipinski definition) is 3. The van der Waals surface area contributed by atoms with E-state index in [0.29, 0.717) is 18.4 Å². The summed E-state index contributed by atoms with van der Waals surface area (Å²) in [6.45, 7) is 2.54. The predicted octanol–water partition coefficient (Wildman–Crippen LogP) is 1.43. The Morgan fingerprint density at radius 2 is 2.26 bits per heavy atom. The zero-order valence-corrected chi connectivity index (χ0v) is 11.5. The first-order valence-electron chi connectivity index (χ1n) is 6.31. The van der Waals surface area contributed by atoms with Crippen LogP contribution in [0.4, 0.5) is 0 Å². The third kappa shape index (κ3) is 3.16. The quantitative estimate of drug-likeness (QED) is 0.762. The number of nitrogens with one attached hydrogen (secondary N) is 2. The van der Waals surface area contributed by atoms with Gasteiger partial charge < -0.3 is 10.1 Å². The van der Waals surface area contributed by atoms with Crippen LogP contribution in [0.15, 0.2) is 17.2 Å². The lowest BCUT2D eigenvalue weighted by atomic mass is 9.99. The number of aromatic nitrogens is 1.